The number of hydrogen-bond donors (Lipinski definition) is 3. The molecule has 4 N–H and O–H groups in total. The number of benzene rings is 1. The van der Waals surface area contributed by atoms with Gasteiger partial charge in [0.05, 0.1) is 48.4 Å². The summed E-state index contributed by atoms with van der Waals surface area (Å²) in [7, 11) is 2.91. The van der Waals surface area contributed by atoms with Crippen molar-refractivity contribution in [3.63, 3.8) is 0 Å². The van der Waals surface area contributed by atoms with Gasteiger partial charge in [0.1, 0.15) is 6.04 Å². The Morgan fingerprint density at radius 1 is 1.00 bits per heavy atom. The van der Waals surface area contributed by atoms with Gasteiger partial charge in [-0.1, -0.05) is 71.4 Å². The predicted octanol–water partition coefficient (Wildman–Crippen LogP) is 2.55. The molecule has 2 bridgehead atoms. The third kappa shape index (κ3) is 11.1. The van der Waals surface area contributed by atoms with E-state index in [2.05, 4.69) is 15.5 Å². The molecular weight excluding hydrogens is 737 g/mol. The van der Waals surface area contributed by atoms with Crippen LogP contribution in [0.15, 0.2) is 30.3 Å². The van der Waals surface area contributed by atoms with Crippen LogP contribution in [0.1, 0.15) is 85.1 Å². The van der Waals surface area contributed by atoms with Gasteiger partial charge in [0, 0.05) is 39.9 Å². The third-order valence-corrected chi connectivity index (χ3v) is 13.6. The molecule has 0 unspecified atom stereocenters. The Morgan fingerprint density at radius 2 is 1.68 bits per heavy atom. The predicted molar refractivity (Wildman–Crippen MR) is 216 cm³/mol. The molecule has 1 aromatic carbocycles. The van der Waals surface area contributed by atoms with E-state index < -0.39 is 64.0 Å². The first-order valence-electron chi connectivity index (χ1n) is 20.4. The minimum atomic E-state index is -3.89. The molecule has 4 rings (SSSR count). The Balaban J connectivity index is 1.47. The molecule has 2 heterocycles. The van der Waals surface area contributed by atoms with E-state index in [1.165, 1.54) is 7.11 Å². The molecule has 3 aliphatic rings. The van der Waals surface area contributed by atoms with Crippen molar-refractivity contribution in [2.75, 3.05) is 40.6 Å². The Bertz CT molecular complexity index is 1590. The number of piperidine rings is 1. The minimum Gasteiger partial charge on any atom is -0.379 e. The molecule has 0 spiro atoms. The number of fused-ring (bicyclic) bond motifs is 2. The smallest absolute Gasteiger partial charge is 0.245 e. The molecule has 0 aromatic heterocycles. The van der Waals surface area contributed by atoms with Gasteiger partial charge in [-0.3, -0.25) is 24.1 Å². The number of carbonyl (C=O) groups is 4. The first-order valence-corrected chi connectivity index (χ1v) is 22.1. The summed E-state index contributed by atoms with van der Waals surface area (Å²) >= 11 is 0. The Kier molecular flexibility index (Phi) is 16.3. The molecule has 1 aromatic rings. The van der Waals surface area contributed by atoms with E-state index in [1.54, 1.807) is 30.9 Å². The molecule has 2 saturated heterocycles. The van der Waals surface area contributed by atoms with Crippen LogP contribution in [-0.2, 0) is 45.1 Å². The lowest BCUT2D eigenvalue weighted by Crippen LogP contribution is -2.60. The second-order valence-electron chi connectivity index (χ2n) is 16.9. The van der Waals surface area contributed by atoms with Crippen LogP contribution in [-0.4, -0.2) is 136 Å². The fourth-order valence-corrected chi connectivity index (χ4v) is 10.3. The van der Waals surface area contributed by atoms with Crippen LogP contribution < -0.4 is 15.8 Å². The van der Waals surface area contributed by atoms with Crippen molar-refractivity contribution in [3.8, 4) is 0 Å². The van der Waals surface area contributed by atoms with Gasteiger partial charge in [0.25, 0.3) is 0 Å². The number of sulfonamides is 1. The van der Waals surface area contributed by atoms with Crippen molar-refractivity contribution in [1.82, 2.24) is 25.3 Å². The molecule has 15 heteroatoms. The lowest BCUT2D eigenvalue weighted by Gasteiger charge is -2.41. The molecule has 1 saturated carbocycles. The van der Waals surface area contributed by atoms with E-state index >= 15 is 0 Å². The molecule has 56 heavy (non-hydrogen) atoms. The van der Waals surface area contributed by atoms with E-state index in [0.717, 1.165) is 31.2 Å². The van der Waals surface area contributed by atoms with Crippen LogP contribution in [0, 0.1) is 23.7 Å². The average Bonchev–Trinajstić information content (AvgIpc) is 3.90. The zero-order valence-corrected chi connectivity index (χ0v) is 35.8. The highest BCUT2D eigenvalue weighted by Crippen LogP contribution is 2.41. The van der Waals surface area contributed by atoms with E-state index in [4.69, 9.17) is 14.6 Å². The molecule has 1 aliphatic carbocycles. The number of likely N-dealkylation sites (tertiary alicyclic amines) is 2. The van der Waals surface area contributed by atoms with Crippen molar-refractivity contribution in [2.45, 2.75) is 134 Å². The van der Waals surface area contributed by atoms with Gasteiger partial charge in [0.15, 0.2) is 0 Å². The van der Waals surface area contributed by atoms with Crippen LogP contribution in [0.2, 0.25) is 0 Å². The van der Waals surface area contributed by atoms with Gasteiger partial charge in [-0.25, -0.2) is 13.6 Å². The fourth-order valence-electron chi connectivity index (χ4n) is 9.55. The van der Waals surface area contributed by atoms with Crippen LogP contribution in [0.4, 0.5) is 0 Å². The van der Waals surface area contributed by atoms with E-state index in [1.807, 2.05) is 65.1 Å². The van der Waals surface area contributed by atoms with E-state index in [0.29, 0.717) is 31.3 Å². The summed E-state index contributed by atoms with van der Waals surface area (Å²) in [5.41, 5.74) is 0.855. The summed E-state index contributed by atoms with van der Waals surface area (Å²) < 4.78 is 36.2. The molecule has 14 nitrogen and oxygen atoms in total. The molecule has 0 radical (unpaired) electrons. The largest absolute Gasteiger partial charge is 0.379 e. The summed E-state index contributed by atoms with van der Waals surface area (Å²) in [5.74, 6) is -1.95. The summed E-state index contributed by atoms with van der Waals surface area (Å²) in [4.78, 5) is 61.5. The number of nitrogens with two attached hydrogens (primary N) is 1. The maximum Gasteiger partial charge on any atom is 0.245 e. The van der Waals surface area contributed by atoms with Crippen LogP contribution in [0.5, 0.6) is 0 Å². The number of rotatable bonds is 20. The number of likely N-dealkylation sites (N-methyl/N-ethyl adjacent to an activating group) is 2. The van der Waals surface area contributed by atoms with Gasteiger partial charge >= 0.3 is 0 Å². The van der Waals surface area contributed by atoms with Crippen molar-refractivity contribution >= 4 is 33.7 Å². The average molecular weight is 805 g/mol. The molecular formula is C41H68N6O8S. The normalized spacial score (nSPS) is 24.9. The lowest BCUT2D eigenvalue weighted by atomic mass is 9.89. The van der Waals surface area contributed by atoms with Crippen LogP contribution in [0.25, 0.3) is 0 Å². The maximum atomic E-state index is 14.3. The van der Waals surface area contributed by atoms with Gasteiger partial charge in [0.2, 0.25) is 33.7 Å². The SMILES string of the molecule is CC[C@H](C)[C@@H]([C@H](CC(=O)N1CCC[C@H]1[C@H](OC)[C@@H](C)C(=O)N[C@@H](Cc1ccccc1)CS(N)(=O)=O)OC)N(C)C(=O)[C@@H](NC(=O)[C@@H]1[C@H]2CC[C@H](C2)N1C)C(C)C. The zero-order valence-electron chi connectivity index (χ0n) is 35.0. The molecule has 3 fully saturated rings. The summed E-state index contributed by atoms with van der Waals surface area (Å²) in [6, 6.07) is 7.06. The standard InChI is InChI=1S/C41H68N6O8S/c1-10-26(4)36(46(7)41(51)35(25(2)3)44-40(50)37-29-18-19-31(22-29)45(37)6)33(54-8)23-34(48)47-20-14-17-32(47)38(55-9)27(5)39(49)43-30(24-56(42,52)53)21-28-15-12-11-13-16-28/h11-13,15-16,25-27,29-33,35-38H,10,14,17-24H2,1-9H3,(H,43,49)(H,44,50)(H2,42,52,53)/t26-,27+,29-,30-,31+,32-,33-,35-,36-,37-,38+/m0/s1. The number of primary sulfonamides is 1. The molecule has 4 amide bonds. The van der Waals surface area contributed by atoms with Gasteiger partial charge in [-0.05, 0) is 68.9 Å². The molecule has 316 valence electrons. The number of nitrogens with one attached hydrogen (secondary N) is 2. The van der Waals surface area contributed by atoms with Gasteiger partial charge < -0.3 is 29.9 Å². The summed E-state index contributed by atoms with van der Waals surface area (Å²) in [5, 5.41) is 11.4. The monoisotopic (exact) mass is 804 g/mol. The second-order valence-corrected chi connectivity index (χ2v) is 18.5. The number of ether oxygens (including phenoxy) is 2. The second kappa shape index (κ2) is 20.0. The third-order valence-electron chi connectivity index (χ3n) is 12.8. The van der Waals surface area contributed by atoms with Crippen molar-refractivity contribution in [1.29, 1.82) is 0 Å². The lowest BCUT2D eigenvalue weighted by molar-refractivity contribution is -0.148. The summed E-state index contributed by atoms with van der Waals surface area (Å²) in [6.45, 7) is 10.1. The summed E-state index contributed by atoms with van der Waals surface area (Å²) in [6.07, 6.45) is 4.16. The number of nitrogens with zero attached hydrogens (tertiary/aromatic N) is 3. The van der Waals surface area contributed by atoms with Crippen molar-refractivity contribution in [3.05, 3.63) is 35.9 Å². The zero-order chi connectivity index (χ0) is 41.5. The quantitative estimate of drug-likeness (QED) is 0.179. The maximum absolute atomic E-state index is 14.3. The Morgan fingerprint density at radius 3 is 2.23 bits per heavy atom. The number of amides is 4. The fraction of sp³-hybridized carbons (Fsp3) is 0.756. The Labute approximate surface area is 335 Å². The van der Waals surface area contributed by atoms with Gasteiger partial charge in [-0.2, -0.15) is 0 Å². The first kappa shape index (κ1) is 45.6. The van der Waals surface area contributed by atoms with Crippen molar-refractivity contribution < 1.29 is 37.1 Å². The highest BCUT2D eigenvalue weighted by Gasteiger charge is 2.49. The molecule has 11 atom stereocenters. The van der Waals surface area contributed by atoms with E-state index in [-0.39, 0.29) is 48.4 Å². The highest BCUT2D eigenvalue weighted by atomic mass is 32.2. The number of methoxy groups -OCH3 is 2. The Hall–Kier alpha value is -3.11. The highest BCUT2D eigenvalue weighted by molar-refractivity contribution is 7.89. The van der Waals surface area contributed by atoms with Crippen molar-refractivity contribution in [2.24, 2.45) is 28.8 Å². The van der Waals surface area contributed by atoms with Crippen LogP contribution in [0.3, 0.4) is 0 Å². The van der Waals surface area contributed by atoms with Crippen LogP contribution >= 0.6 is 0 Å². The first-order chi connectivity index (χ1) is 26.4. The van der Waals surface area contributed by atoms with Gasteiger partial charge in [-0.15, -0.1) is 0 Å². The number of hydrogen-bond acceptors (Lipinski definition) is 9. The minimum absolute atomic E-state index is 0.00120. The van der Waals surface area contributed by atoms with E-state index in [9.17, 15) is 27.6 Å². The molecule has 2 aliphatic heterocycles. The number of carbonyl (C=O) groups excluding carboxylic acids is 4. The topological polar surface area (TPSA) is 181 Å².